The van der Waals surface area contributed by atoms with Crippen LogP contribution in [-0.4, -0.2) is 46.9 Å². The van der Waals surface area contributed by atoms with Gasteiger partial charge >= 0.3 is 11.9 Å². The Labute approximate surface area is 180 Å². The van der Waals surface area contributed by atoms with E-state index in [1.165, 1.54) is 40.3 Å². The zero-order valence-corrected chi connectivity index (χ0v) is 18.0. The Bertz CT molecular complexity index is 1250. The van der Waals surface area contributed by atoms with E-state index in [1.54, 1.807) is 0 Å². The first-order valence-corrected chi connectivity index (χ1v) is 11.0. The maximum absolute atomic E-state index is 13.0. The Kier molecular flexibility index (Phi) is 4.06. The monoisotopic (exact) mass is 493 g/mol. The molecule has 3 atom stereocenters. The molecule has 148 valence electrons. The number of carboxylic acids is 1. The molecule has 5 rings (SSSR count). The minimum Gasteiger partial charge on any atom is -0.477 e. The van der Waals surface area contributed by atoms with Gasteiger partial charge in [0.25, 0.3) is 5.91 Å². The van der Waals surface area contributed by atoms with Crippen LogP contribution in [0.25, 0.3) is 16.0 Å². The van der Waals surface area contributed by atoms with Gasteiger partial charge in [0.1, 0.15) is 11.1 Å². The van der Waals surface area contributed by atoms with Gasteiger partial charge in [0.05, 0.1) is 15.9 Å². The fraction of sp³-hybridized carbons (Fsp3) is 0.222. The second kappa shape index (κ2) is 6.31. The molecule has 8 nitrogen and oxygen atoms in total. The fourth-order valence-electron chi connectivity index (χ4n) is 3.61. The molecule has 0 spiro atoms. The number of carbonyl (C=O) groups excluding carboxylic acids is 2. The summed E-state index contributed by atoms with van der Waals surface area (Å²) in [5.41, 5.74) is 1.67. The van der Waals surface area contributed by atoms with Crippen LogP contribution in [0, 0.1) is 0 Å². The van der Waals surface area contributed by atoms with Gasteiger partial charge in [-0.15, -0.1) is 11.8 Å². The van der Waals surface area contributed by atoms with E-state index < -0.39 is 33.6 Å². The molecule has 1 fully saturated rings. The van der Waals surface area contributed by atoms with Gasteiger partial charge in [-0.2, -0.15) is 0 Å². The number of aromatic nitrogens is 2. The fourth-order valence-corrected chi connectivity index (χ4v) is 7.15. The van der Waals surface area contributed by atoms with Gasteiger partial charge in [0.15, 0.2) is 15.4 Å². The van der Waals surface area contributed by atoms with Crippen molar-refractivity contribution in [3.05, 3.63) is 46.4 Å². The first-order valence-electron chi connectivity index (χ1n) is 8.47. The number of esters is 1. The van der Waals surface area contributed by atoms with Crippen molar-refractivity contribution >= 4 is 72.9 Å². The van der Waals surface area contributed by atoms with E-state index in [1.807, 2.05) is 34.9 Å². The molecule has 1 N–H and O–H groups in total. The number of hydrogen-bond acceptors (Lipinski definition) is 7. The van der Waals surface area contributed by atoms with Crippen molar-refractivity contribution in [1.82, 2.24) is 14.3 Å². The van der Waals surface area contributed by atoms with Crippen LogP contribution < -0.4 is 0 Å². The average molecular weight is 494 g/mol. The number of nitrogens with zero attached hydrogens (tertiary/aromatic N) is 3. The number of rotatable bonds is 4. The lowest BCUT2D eigenvalue weighted by Gasteiger charge is -2.51. The Morgan fingerprint density at radius 1 is 1.38 bits per heavy atom. The SMILES string of the molecule is CC(=O)OC(c1cn2c(nc3ccccc32)s1)C1(Br)C(=O)N2C(C(=O)O)=CS[C@@H]21. The molecule has 2 aliphatic heterocycles. The third kappa shape index (κ3) is 2.50. The molecule has 2 aliphatic rings. The summed E-state index contributed by atoms with van der Waals surface area (Å²) in [6, 6.07) is 7.65. The van der Waals surface area contributed by atoms with Crippen molar-refractivity contribution < 1.29 is 24.2 Å². The number of aliphatic carboxylic acids is 1. The molecule has 0 aliphatic carbocycles. The number of carboxylic acid groups (broad SMARTS) is 1. The molecule has 1 amide bonds. The van der Waals surface area contributed by atoms with E-state index in [0.717, 1.165) is 11.0 Å². The number of para-hydroxylation sites is 2. The number of alkyl halides is 1. The van der Waals surface area contributed by atoms with Crippen LogP contribution >= 0.6 is 39.0 Å². The van der Waals surface area contributed by atoms with Gasteiger partial charge in [-0.05, 0) is 12.1 Å². The van der Waals surface area contributed by atoms with E-state index in [4.69, 9.17) is 4.74 Å². The van der Waals surface area contributed by atoms with Crippen LogP contribution in [0.2, 0.25) is 0 Å². The molecule has 2 unspecified atom stereocenters. The number of thiazole rings is 1. The number of β-lactam (4-membered cyclic amide) rings is 1. The van der Waals surface area contributed by atoms with E-state index in [0.29, 0.717) is 9.84 Å². The predicted molar refractivity (Wildman–Crippen MR) is 111 cm³/mol. The van der Waals surface area contributed by atoms with E-state index in [-0.39, 0.29) is 5.70 Å². The number of amides is 1. The topological polar surface area (TPSA) is 101 Å². The number of fused-ring (bicyclic) bond motifs is 4. The normalized spacial score (nSPS) is 24.3. The zero-order valence-electron chi connectivity index (χ0n) is 14.7. The Morgan fingerprint density at radius 3 is 2.86 bits per heavy atom. The summed E-state index contributed by atoms with van der Waals surface area (Å²) >= 11 is 6.04. The number of benzene rings is 1. The zero-order chi connectivity index (χ0) is 20.5. The number of carbonyl (C=O) groups is 3. The molecule has 11 heteroatoms. The summed E-state index contributed by atoms with van der Waals surface area (Å²) in [5.74, 6) is -2.17. The highest BCUT2D eigenvalue weighted by molar-refractivity contribution is 9.10. The molecular weight excluding hydrogens is 482 g/mol. The number of thioether (sulfide) groups is 1. The van der Waals surface area contributed by atoms with Gasteiger partial charge in [0.2, 0.25) is 0 Å². The van der Waals surface area contributed by atoms with Crippen LogP contribution in [0.1, 0.15) is 17.9 Å². The van der Waals surface area contributed by atoms with Crippen LogP contribution in [0.4, 0.5) is 0 Å². The summed E-state index contributed by atoms with van der Waals surface area (Å²) in [5, 5.41) is 10.2. The van der Waals surface area contributed by atoms with Crippen molar-refractivity contribution in [1.29, 1.82) is 0 Å². The highest BCUT2D eigenvalue weighted by atomic mass is 79.9. The largest absolute Gasteiger partial charge is 0.477 e. The van der Waals surface area contributed by atoms with Crippen molar-refractivity contribution in [3.63, 3.8) is 0 Å². The lowest BCUT2D eigenvalue weighted by Crippen LogP contribution is -2.70. The number of hydrogen-bond donors (Lipinski definition) is 1. The third-order valence-corrected chi connectivity index (χ3v) is 8.60. The standard InChI is InChI=1S/C18H12BrN3O5S2/c1-8(23)27-13(18(19)15(26)22-11(14(24)25)7-28-16(18)22)12-6-21-10-5-3-2-4-9(10)20-17(21)29-12/h2-7,13,16H,1H3,(H,24,25)/t13?,16-,18?/m1/s1. The van der Waals surface area contributed by atoms with E-state index >= 15 is 0 Å². The maximum atomic E-state index is 13.0. The Hall–Kier alpha value is -2.37. The van der Waals surface area contributed by atoms with Gasteiger partial charge in [-0.1, -0.05) is 39.4 Å². The van der Waals surface area contributed by atoms with Crippen molar-refractivity contribution in [2.75, 3.05) is 0 Å². The van der Waals surface area contributed by atoms with Gasteiger partial charge in [-0.3, -0.25) is 18.9 Å². The summed E-state index contributed by atoms with van der Waals surface area (Å²) in [7, 11) is 0. The number of ether oxygens (including phenoxy) is 1. The summed E-state index contributed by atoms with van der Waals surface area (Å²) < 4.78 is 6.21. The molecule has 2 aromatic heterocycles. The average Bonchev–Trinajstić information content (AvgIpc) is 3.36. The molecule has 0 radical (unpaired) electrons. The summed E-state index contributed by atoms with van der Waals surface area (Å²) in [6.45, 7) is 1.28. The minimum absolute atomic E-state index is 0.0753. The molecule has 1 aromatic carbocycles. The highest BCUT2D eigenvalue weighted by Crippen LogP contribution is 2.58. The van der Waals surface area contributed by atoms with E-state index in [9.17, 15) is 19.5 Å². The predicted octanol–water partition coefficient (Wildman–Crippen LogP) is 3.13. The second-order valence-electron chi connectivity index (χ2n) is 6.62. The molecule has 1 saturated heterocycles. The summed E-state index contributed by atoms with van der Waals surface area (Å²) in [4.78, 5) is 43.4. The van der Waals surface area contributed by atoms with Crippen molar-refractivity contribution in [2.24, 2.45) is 0 Å². The third-order valence-electron chi connectivity index (χ3n) is 4.88. The Balaban J connectivity index is 1.58. The molecule has 0 bridgehead atoms. The number of imidazole rings is 1. The molecule has 0 saturated carbocycles. The van der Waals surface area contributed by atoms with Crippen LogP contribution in [-0.2, 0) is 19.1 Å². The lowest BCUT2D eigenvalue weighted by molar-refractivity contribution is -0.162. The first-order chi connectivity index (χ1) is 13.8. The van der Waals surface area contributed by atoms with Crippen molar-refractivity contribution in [2.45, 2.75) is 22.7 Å². The molecule has 29 heavy (non-hydrogen) atoms. The van der Waals surface area contributed by atoms with Gasteiger partial charge < -0.3 is 9.84 Å². The van der Waals surface area contributed by atoms with Crippen LogP contribution in [0.15, 0.2) is 41.6 Å². The maximum Gasteiger partial charge on any atom is 0.353 e. The Morgan fingerprint density at radius 2 is 2.14 bits per heavy atom. The van der Waals surface area contributed by atoms with Crippen LogP contribution in [0.3, 0.4) is 0 Å². The van der Waals surface area contributed by atoms with Gasteiger partial charge in [0, 0.05) is 18.5 Å². The lowest BCUT2D eigenvalue weighted by atomic mass is 9.90. The highest BCUT2D eigenvalue weighted by Gasteiger charge is 2.69. The quantitative estimate of drug-likeness (QED) is 0.338. The number of halogens is 1. The molecule has 3 aromatic rings. The van der Waals surface area contributed by atoms with E-state index in [2.05, 4.69) is 20.9 Å². The van der Waals surface area contributed by atoms with Crippen molar-refractivity contribution in [3.8, 4) is 0 Å². The first kappa shape index (κ1) is 18.6. The van der Waals surface area contributed by atoms with Crippen LogP contribution in [0.5, 0.6) is 0 Å². The van der Waals surface area contributed by atoms with Gasteiger partial charge in [-0.25, -0.2) is 9.78 Å². The molecular formula is C18H12BrN3O5S2. The smallest absolute Gasteiger partial charge is 0.353 e. The summed E-state index contributed by atoms with van der Waals surface area (Å²) in [6.07, 6.45) is 0.890. The second-order valence-corrected chi connectivity index (χ2v) is 9.92. The molecule has 4 heterocycles. The minimum atomic E-state index is -1.27.